The Kier molecular flexibility index (Phi) is 8.63. The number of nitrogens with one attached hydrogen (secondary N) is 2. The molecule has 0 radical (unpaired) electrons. The van der Waals surface area contributed by atoms with Crippen LogP contribution in [0.2, 0.25) is 0 Å². The van der Waals surface area contributed by atoms with E-state index in [0.717, 1.165) is 17.9 Å². The highest BCUT2D eigenvalue weighted by molar-refractivity contribution is 14.0. The van der Waals surface area contributed by atoms with Crippen LogP contribution in [0.4, 0.5) is 4.39 Å². The van der Waals surface area contributed by atoms with E-state index in [1.165, 1.54) is 11.1 Å². The molecule has 3 aromatic rings. The highest BCUT2D eigenvalue weighted by Gasteiger charge is 2.04. The van der Waals surface area contributed by atoms with Crippen molar-refractivity contribution in [2.24, 2.45) is 4.99 Å². The molecule has 0 aliphatic heterocycles. The van der Waals surface area contributed by atoms with E-state index in [0.29, 0.717) is 24.6 Å². The molecule has 0 atom stereocenters. The van der Waals surface area contributed by atoms with Gasteiger partial charge in [-0.2, -0.15) is 0 Å². The maximum Gasteiger partial charge on any atom is 0.191 e. The number of aliphatic imine (C=N–C) groups is 1. The summed E-state index contributed by atoms with van der Waals surface area (Å²) in [4.78, 5) is 8.51. The summed E-state index contributed by atoms with van der Waals surface area (Å²) in [7, 11) is 1.73. The van der Waals surface area contributed by atoms with Gasteiger partial charge in [0.2, 0.25) is 0 Å². The Labute approximate surface area is 188 Å². The van der Waals surface area contributed by atoms with E-state index in [9.17, 15) is 4.39 Å². The van der Waals surface area contributed by atoms with E-state index in [1.807, 2.05) is 25.4 Å². The molecule has 0 amide bonds. The number of halogens is 2. The molecule has 0 aliphatic rings. The van der Waals surface area contributed by atoms with Crippen LogP contribution in [0.5, 0.6) is 0 Å². The highest BCUT2D eigenvalue weighted by Crippen LogP contribution is 2.10. The first kappa shape index (κ1) is 22.9. The van der Waals surface area contributed by atoms with Gasteiger partial charge in [0.15, 0.2) is 5.96 Å². The number of guanidine groups is 1. The van der Waals surface area contributed by atoms with Gasteiger partial charge in [-0.3, -0.25) is 4.99 Å². The van der Waals surface area contributed by atoms with Crippen molar-refractivity contribution in [3.05, 3.63) is 88.8 Å². The fraction of sp³-hybridized carbons (Fsp3) is 0.273. The molecule has 0 bridgehead atoms. The van der Waals surface area contributed by atoms with Crippen LogP contribution in [0.25, 0.3) is 0 Å². The number of benzene rings is 2. The van der Waals surface area contributed by atoms with Crippen LogP contribution in [0.1, 0.15) is 28.1 Å². The third kappa shape index (κ3) is 6.56. The molecule has 1 heterocycles. The summed E-state index contributed by atoms with van der Waals surface area (Å²) in [6.45, 7) is 5.72. The minimum Gasteiger partial charge on any atom is -0.352 e. The first-order valence-corrected chi connectivity index (χ1v) is 9.30. The van der Waals surface area contributed by atoms with Crippen molar-refractivity contribution in [3.63, 3.8) is 0 Å². The van der Waals surface area contributed by atoms with Gasteiger partial charge in [-0.1, -0.05) is 36.4 Å². The predicted molar refractivity (Wildman–Crippen MR) is 126 cm³/mol. The van der Waals surface area contributed by atoms with Gasteiger partial charge in [0, 0.05) is 39.1 Å². The van der Waals surface area contributed by atoms with Crippen LogP contribution in [0, 0.1) is 19.7 Å². The Morgan fingerprint density at radius 1 is 1.03 bits per heavy atom. The first-order valence-electron chi connectivity index (χ1n) is 9.30. The maximum atomic E-state index is 13.7. The van der Waals surface area contributed by atoms with Gasteiger partial charge in [0.05, 0.1) is 0 Å². The lowest BCUT2D eigenvalue weighted by atomic mass is 10.1. The number of hydrogen-bond donors (Lipinski definition) is 2. The molecule has 0 unspecified atom stereocenters. The molecule has 29 heavy (non-hydrogen) atoms. The molecule has 5 nitrogen and oxygen atoms in total. The molecular formula is C22H27FIN5. The number of hydrogen-bond acceptors (Lipinski definition) is 2. The first-order chi connectivity index (χ1) is 13.5. The van der Waals surface area contributed by atoms with Crippen LogP contribution in [0.15, 0.2) is 59.9 Å². The quantitative estimate of drug-likeness (QED) is 0.299. The number of aryl methyl sites for hydroxylation is 2. The standard InChI is InChI=1S/C22H26FN5.HI/c1-16-7-8-19(12-21(16)23)14-27-22(24-3)26-13-18-5-4-6-20(11-18)15-28-10-9-25-17(28)2;/h4-12H,13-15H2,1-3H3,(H2,24,26,27);1H. The average molecular weight is 507 g/mol. The van der Waals surface area contributed by atoms with Crippen molar-refractivity contribution >= 4 is 29.9 Å². The maximum absolute atomic E-state index is 13.7. The SMILES string of the molecule is CN=C(NCc1cccc(Cn2ccnc2C)c1)NCc1ccc(C)c(F)c1.I. The fourth-order valence-electron chi connectivity index (χ4n) is 2.94. The molecule has 0 saturated carbocycles. The van der Waals surface area contributed by atoms with Crippen LogP contribution in [-0.4, -0.2) is 22.6 Å². The lowest BCUT2D eigenvalue weighted by molar-refractivity contribution is 0.615. The number of imidazole rings is 1. The molecule has 3 rings (SSSR count). The molecule has 0 aliphatic carbocycles. The second kappa shape index (κ2) is 10.9. The van der Waals surface area contributed by atoms with Crippen molar-refractivity contribution in [1.29, 1.82) is 0 Å². The fourth-order valence-corrected chi connectivity index (χ4v) is 2.94. The Morgan fingerprint density at radius 2 is 1.72 bits per heavy atom. The van der Waals surface area contributed by atoms with E-state index in [1.54, 1.807) is 26.1 Å². The summed E-state index contributed by atoms with van der Waals surface area (Å²) in [5, 5.41) is 6.53. The summed E-state index contributed by atoms with van der Waals surface area (Å²) in [6, 6.07) is 13.7. The van der Waals surface area contributed by atoms with Gasteiger partial charge in [-0.15, -0.1) is 24.0 Å². The zero-order chi connectivity index (χ0) is 19.9. The summed E-state index contributed by atoms with van der Waals surface area (Å²) in [6.07, 6.45) is 3.80. The van der Waals surface area contributed by atoms with Gasteiger partial charge < -0.3 is 15.2 Å². The van der Waals surface area contributed by atoms with Crippen molar-refractivity contribution in [1.82, 2.24) is 20.2 Å². The van der Waals surface area contributed by atoms with E-state index in [-0.39, 0.29) is 29.8 Å². The zero-order valence-corrected chi connectivity index (χ0v) is 19.3. The smallest absolute Gasteiger partial charge is 0.191 e. The third-order valence-electron chi connectivity index (χ3n) is 4.65. The Balaban J connectivity index is 0.00000300. The second-order valence-electron chi connectivity index (χ2n) is 6.79. The van der Waals surface area contributed by atoms with E-state index >= 15 is 0 Å². The normalized spacial score (nSPS) is 11.1. The molecule has 0 saturated heterocycles. The summed E-state index contributed by atoms with van der Waals surface area (Å²) < 4.78 is 15.8. The lowest BCUT2D eigenvalue weighted by Gasteiger charge is -2.13. The number of aromatic nitrogens is 2. The Hall–Kier alpha value is -2.42. The minimum atomic E-state index is -0.188. The van der Waals surface area contributed by atoms with Crippen LogP contribution in [0.3, 0.4) is 0 Å². The van der Waals surface area contributed by atoms with Crippen LogP contribution < -0.4 is 10.6 Å². The van der Waals surface area contributed by atoms with E-state index < -0.39 is 0 Å². The molecule has 0 spiro atoms. The van der Waals surface area contributed by atoms with E-state index in [4.69, 9.17) is 0 Å². The van der Waals surface area contributed by atoms with Gasteiger partial charge in [0.25, 0.3) is 0 Å². The van der Waals surface area contributed by atoms with Gasteiger partial charge >= 0.3 is 0 Å². The average Bonchev–Trinajstić information content (AvgIpc) is 3.09. The van der Waals surface area contributed by atoms with Gasteiger partial charge in [-0.05, 0) is 42.2 Å². The van der Waals surface area contributed by atoms with E-state index in [2.05, 4.69) is 49.4 Å². The van der Waals surface area contributed by atoms with Gasteiger partial charge in [0.1, 0.15) is 11.6 Å². The molecule has 7 heteroatoms. The number of nitrogens with zero attached hydrogens (tertiary/aromatic N) is 3. The largest absolute Gasteiger partial charge is 0.352 e. The molecule has 2 aromatic carbocycles. The third-order valence-corrected chi connectivity index (χ3v) is 4.65. The molecular weight excluding hydrogens is 480 g/mol. The summed E-state index contributed by atoms with van der Waals surface area (Å²) in [5.41, 5.74) is 3.92. The van der Waals surface area contributed by atoms with Crippen molar-refractivity contribution in [2.45, 2.75) is 33.5 Å². The molecule has 2 N–H and O–H groups in total. The van der Waals surface area contributed by atoms with Crippen molar-refractivity contribution in [3.8, 4) is 0 Å². The van der Waals surface area contributed by atoms with Crippen molar-refractivity contribution < 1.29 is 4.39 Å². The molecule has 154 valence electrons. The Bertz CT molecular complexity index is 967. The zero-order valence-electron chi connectivity index (χ0n) is 16.9. The lowest BCUT2D eigenvalue weighted by Crippen LogP contribution is -2.36. The summed E-state index contributed by atoms with van der Waals surface area (Å²) >= 11 is 0. The van der Waals surface area contributed by atoms with Crippen molar-refractivity contribution in [2.75, 3.05) is 7.05 Å². The topological polar surface area (TPSA) is 54.2 Å². The Morgan fingerprint density at radius 3 is 2.34 bits per heavy atom. The summed E-state index contributed by atoms with van der Waals surface area (Å²) in [5.74, 6) is 1.49. The van der Waals surface area contributed by atoms with Gasteiger partial charge in [-0.25, -0.2) is 9.37 Å². The monoisotopic (exact) mass is 507 g/mol. The van der Waals surface area contributed by atoms with Crippen LogP contribution >= 0.6 is 24.0 Å². The second-order valence-corrected chi connectivity index (χ2v) is 6.79. The number of rotatable bonds is 6. The molecule has 0 fully saturated rings. The molecule has 1 aromatic heterocycles. The predicted octanol–water partition coefficient (Wildman–Crippen LogP) is 4.17. The van der Waals surface area contributed by atoms with Crippen LogP contribution in [-0.2, 0) is 19.6 Å². The minimum absolute atomic E-state index is 0. The highest BCUT2D eigenvalue weighted by atomic mass is 127.